The number of aliphatic hydroxyl groups excluding tert-OH is 3. The summed E-state index contributed by atoms with van der Waals surface area (Å²) in [5.74, 6) is 1.37. The van der Waals surface area contributed by atoms with Gasteiger partial charge in [0.1, 0.15) is 17.2 Å². The van der Waals surface area contributed by atoms with E-state index in [2.05, 4.69) is 0 Å². The van der Waals surface area contributed by atoms with Crippen molar-refractivity contribution >= 4 is 7.82 Å². The maximum atomic E-state index is 13.5. The van der Waals surface area contributed by atoms with Crippen molar-refractivity contribution in [2.75, 3.05) is 39.5 Å². The van der Waals surface area contributed by atoms with Crippen molar-refractivity contribution in [1.82, 2.24) is 4.90 Å². The molecular weight excluding hydrogens is 481 g/mol. The predicted octanol–water partition coefficient (Wildman–Crippen LogP) is 4.52. The Labute approximate surface area is 213 Å². The maximum Gasteiger partial charge on any atom is 0.647 e. The van der Waals surface area contributed by atoms with Gasteiger partial charge in [0.2, 0.25) is 0 Å². The molecular formula is C27H36NO7P. The number of phosphoric ester groups is 1. The van der Waals surface area contributed by atoms with E-state index in [4.69, 9.17) is 28.9 Å². The largest absolute Gasteiger partial charge is 0.647 e. The highest BCUT2D eigenvalue weighted by Gasteiger charge is 2.34. The number of hydrogen-bond acceptors (Lipinski definition) is 8. The fourth-order valence-corrected chi connectivity index (χ4v) is 4.60. The molecule has 3 rings (SSSR count). The van der Waals surface area contributed by atoms with Crippen LogP contribution in [-0.4, -0.2) is 59.7 Å². The summed E-state index contributed by atoms with van der Waals surface area (Å²) in [6.07, 6.45) is 0. The first-order chi connectivity index (χ1) is 17.3. The van der Waals surface area contributed by atoms with Gasteiger partial charge in [-0.1, -0.05) is 54.6 Å². The molecule has 0 aromatic heterocycles. The Balaban J connectivity index is 0.000000388. The Morgan fingerprint density at radius 1 is 0.583 bits per heavy atom. The highest BCUT2D eigenvalue weighted by molar-refractivity contribution is 7.49. The first-order valence-electron chi connectivity index (χ1n) is 11.7. The van der Waals surface area contributed by atoms with E-state index in [1.54, 1.807) is 23.1 Å². The fourth-order valence-electron chi connectivity index (χ4n) is 3.15. The molecule has 0 aliphatic carbocycles. The zero-order valence-corrected chi connectivity index (χ0v) is 21.9. The van der Waals surface area contributed by atoms with Crippen molar-refractivity contribution in [2.24, 2.45) is 0 Å². The van der Waals surface area contributed by atoms with Crippen LogP contribution in [0.3, 0.4) is 0 Å². The van der Waals surface area contributed by atoms with Crippen molar-refractivity contribution in [3.8, 4) is 17.2 Å². The molecule has 0 fully saturated rings. The Bertz CT molecular complexity index is 972. The molecule has 0 amide bonds. The van der Waals surface area contributed by atoms with Gasteiger partial charge >= 0.3 is 7.82 Å². The summed E-state index contributed by atoms with van der Waals surface area (Å²) in [7, 11) is -3.97. The standard InChI is InChI=1S/C21H21O4P.C6H15NO3/c1-16-10-4-7-13-19(16)23-26(22,24-20-14-8-5-11-17(20)2)25-21-15-9-6-12-18(21)3;8-4-1-7(2-5-9)3-6-10/h4-15H,1-3H3;8-10H,1-6H2. The van der Waals surface area contributed by atoms with Crippen LogP contribution in [0.2, 0.25) is 0 Å². The number of rotatable bonds is 12. The average molecular weight is 518 g/mol. The van der Waals surface area contributed by atoms with Crippen molar-refractivity contribution in [2.45, 2.75) is 20.8 Å². The number of hydrogen-bond donors (Lipinski definition) is 3. The van der Waals surface area contributed by atoms with Gasteiger partial charge in [-0.25, -0.2) is 0 Å². The molecule has 3 aromatic rings. The van der Waals surface area contributed by atoms with Crippen molar-refractivity contribution < 1.29 is 33.5 Å². The number of aliphatic hydroxyl groups is 3. The van der Waals surface area contributed by atoms with Crippen LogP contribution in [0.5, 0.6) is 17.2 Å². The van der Waals surface area contributed by atoms with Crippen LogP contribution in [-0.2, 0) is 4.57 Å². The van der Waals surface area contributed by atoms with Gasteiger partial charge in [0, 0.05) is 19.6 Å². The van der Waals surface area contributed by atoms with Gasteiger partial charge in [-0.05, 0) is 55.7 Å². The molecule has 3 aromatic carbocycles. The molecule has 0 atom stereocenters. The SMILES string of the molecule is Cc1ccccc1OP(=O)(Oc1ccccc1C)Oc1ccccc1C.OCCN(CCO)CCO. The Morgan fingerprint density at radius 3 is 1.11 bits per heavy atom. The smallest absolute Gasteiger partial charge is 0.395 e. The van der Waals surface area contributed by atoms with Gasteiger partial charge in [0.05, 0.1) is 19.8 Å². The molecule has 0 aliphatic heterocycles. The Kier molecular flexibility index (Phi) is 12.5. The van der Waals surface area contributed by atoms with Crippen LogP contribution in [0.1, 0.15) is 16.7 Å². The average Bonchev–Trinajstić information content (AvgIpc) is 2.85. The topological polar surface area (TPSA) is 109 Å². The maximum absolute atomic E-state index is 13.5. The summed E-state index contributed by atoms with van der Waals surface area (Å²) in [6, 6.07) is 22.0. The van der Waals surface area contributed by atoms with Gasteiger partial charge in [0.25, 0.3) is 0 Å². The molecule has 8 nitrogen and oxygen atoms in total. The lowest BCUT2D eigenvalue weighted by molar-refractivity contribution is 0.136. The number of aryl methyl sites for hydroxylation is 3. The molecule has 0 unspecified atom stereocenters. The van der Waals surface area contributed by atoms with Crippen molar-refractivity contribution in [1.29, 1.82) is 0 Å². The second kappa shape index (κ2) is 15.3. The lowest BCUT2D eigenvalue weighted by atomic mass is 10.2. The van der Waals surface area contributed by atoms with Crippen LogP contribution in [0, 0.1) is 20.8 Å². The third-order valence-electron chi connectivity index (χ3n) is 5.16. The third-order valence-corrected chi connectivity index (χ3v) is 6.42. The van der Waals surface area contributed by atoms with Gasteiger partial charge in [-0.2, -0.15) is 4.57 Å². The molecule has 0 spiro atoms. The third kappa shape index (κ3) is 9.64. The normalized spacial score (nSPS) is 11.0. The first kappa shape index (κ1) is 29.4. The lowest BCUT2D eigenvalue weighted by Crippen LogP contribution is -2.32. The number of para-hydroxylation sites is 3. The van der Waals surface area contributed by atoms with Crippen LogP contribution in [0.4, 0.5) is 0 Å². The van der Waals surface area contributed by atoms with Crippen molar-refractivity contribution in [3.05, 3.63) is 89.5 Å². The van der Waals surface area contributed by atoms with E-state index < -0.39 is 7.82 Å². The van der Waals surface area contributed by atoms with Gasteiger partial charge in [-0.3, -0.25) is 4.90 Å². The minimum atomic E-state index is -3.97. The minimum absolute atomic E-state index is 0.0694. The van der Waals surface area contributed by atoms with Gasteiger partial charge < -0.3 is 28.9 Å². The number of phosphoric acid groups is 1. The second-order valence-electron chi connectivity index (χ2n) is 8.03. The van der Waals surface area contributed by atoms with Gasteiger partial charge in [0.15, 0.2) is 0 Å². The van der Waals surface area contributed by atoms with Crippen molar-refractivity contribution in [3.63, 3.8) is 0 Å². The number of nitrogens with zero attached hydrogens (tertiary/aromatic N) is 1. The Hall–Kier alpha value is -2.87. The quantitative estimate of drug-likeness (QED) is 0.301. The minimum Gasteiger partial charge on any atom is -0.395 e. The van der Waals surface area contributed by atoms with E-state index in [1.807, 2.05) is 75.4 Å². The predicted molar refractivity (Wildman–Crippen MR) is 141 cm³/mol. The molecule has 3 N–H and O–H groups in total. The molecule has 0 bridgehead atoms. The summed E-state index contributed by atoms with van der Waals surface area (Å²) >= 11 is 0. The van der Waals surface area contributed by atoms with Crippen LogP contribution >= 0.6 is 7.82 Å². The fraction of sp³-hybridized carbons (Fsp3) is 0.333. The molecule has 0 heterocycles. The molecule has 0 saturated carbocycles. The second-order valence-corrected chi connectivity index (χ2v) is 9.47. The molecule has 196 valence electrons. The molecule has 0 aliphatic rings. The summed E-state index contributed by atoms with van der Waals surface area (Å²) in [6.45, 7) is 7.38. The summed E-state index contributed by atoms with van der Waals surface area (Å²) in [4.78, 5) is 1.79. The lowest BCUT2D eigenvalue weighted by Gasteiger charge is -2.21. The zero-order valence-electron chi connectivity index (χ0n) is 21.0. The number of benzene rings is 3. The molecule has 0 saturated heterocycles. The summed E-state index contributed by atoms with van der Waals surface area (Å²) < 4.78 is 30.8. The van der Waals surface area contributed by atoms with E-state index in [0.717, 1.165) is 16.7 Å². The van der Waals surface area contributed by atoms with Gasteiger partial charge in [-0.15, -0.1) is 0 Å². The van der Waals surface area contributed by atoms with E-state index in [9.17, 15) is 4.57 Å². The van der Waals surface area contributed by atoms with E-state index in [0.29, 0.717) is 36.9 Å². The molecule has 36 heavy (non-hydrogen) atoms. The molecule has 9 heteroatoms. The Morgan fingerprint density at radius 2 is 0.861 bits per heavy atom. The van der Waals surface area contributed by atoms with E-state index >= 15 is 0 Å². The van der Waals surface area contributed by atoms with Crippen LogP contribution in [0.15, 0.2) is 72.8 Å². The highest BCUT2D eigenvalue weighted by atomic mass is 31.2. The monoisotopic (exact) mass is 517 g/mol. The summed E-state index contributed by atoms with van der Waals surface area (Å²) in [5.41, 5.74) is 2.53. The molecule has 0 radical (unpaired) electrons. The summed E-state index contributed by atoms with van der Waals surface area (Å²) in [5, 5.41) is 25.5. The van der Waals surface area contributed by atoms with Crippen LogP contribution in [0.25, 0.3) is 0 Å². The highest BCUT2D eigenvalue weighted by Crippen LogP contribution is 2.51. The zero-order chi connectivity index (χ0) is 26.4. The van der Waals surface area contributed by atoms with E-state index in [-0.39, 0.29) is 19.8 Å². The van der Waals surface area contributed by atoms with Crippen LogP contribution < -0.4 is 13.6 Å². The first-order valence-corrected chi connectivity index (χ1v) is 13.2. The van der Waals surface area contributed by atoms with E-state index in [1.165, 1.54) is 0 Å².